The minimum Gasteiger partial charge on any atom is -0.458 e. The van der Waals surface area contributed by atoms with Crippen molar-refractivity contribution in [2.45, 2.75) is 6.54 Å². The molecule has 0 bridgehead atoms. The number of benzene rings is 4. The number of rotatable bonds is 3. The maximum atomic E-state index is 6.31. The van der Waals surface area contributed by atoms with Gasteiger partial charge in [-0.15, -0.1) is 0 Å². The van der Waals surface area contributed by atoms with Gasteiger partial charge in [-0.2, -0.15) is 0 Å². The minimum absolute atomic E-state index is 0.620. The summed E-state index contributed by atoms with van der Waals surface area (Å²) < 4.78 is 12.5. The quantitative estimate of drug-likeness (QED) is 0.276. The van der Waals surface area contributed by atoms with E-state index in [0.717, 1.165) is 61.1 Å². The normalized spacial score (nSPS) is 12.9. The maximum Gasteiger partial charge on any atom is 0.229 e. The molecule has 1 aliphatic heterocycles. The Hall–Kier alpha value is -5.03. The molecule has 7 aromatic rings. The Labute approximate surface area is 212 Å². The number of hydrogen-bond donors (Lipinski definition) is 1. The van der Waals surface area contributed by atoms with Gasteiger partial charge in [0.25, 0.3) is 0 Å². The van der Waals surface area contributed by atoms with Crippen molar-refractivity contribution in [3.05, 3.63) is 115 Å². The number of anilines is 3. The first-order valence-electron chi connectivity index (χ1n) is 12.4. The van der Waals surface area contributed by atoms with Gasteiger partial charge in [0.05, 0.1) is 34.4 Å². The Kier molecular flexibility index (Phi) is 4.22. The van der Waals surface area contributed by atoms with Gasteiger partial charge in [0.15, 0.2) is 0 Å². The van der Waals surface area contributed by atoms with Crippen LogP contribution in [0.25, 0.3) is 49.9 Å². The van der Waals surface area contributed by atoms with E-state index >= 15 is 0 Å². The van der Waals surface area contributed by atoms with Crippen LogP contribution < -0.4 is 10.2 Å². The molecule has 0 amide bonds. The van der Waals surface area contributed by atoms with Crippen LogP contribution in [0.15, 0.2) is 112 Å². The average molecular weight is 480 g/mol. The highest BCUT2D eigenvalue weighted by Gasteiger charge is 2.25. The zero-order valence-electron chi connectivity index (χ0n) is 19.8. The van der Waals surface area contributed by atoms with Crippen molar-refractivity contribution in [3.8, 4) is 0 Å². The van der Waals surface area contributed by atoms with Crippen LogP contribution in [0.4, 0.5) is 17.1 Å². The molecule has 176 valence electrons. The summed E-state index contributed by atoms with van der Waals surface area (Å²) in [5, 5.41) is 8.72. The van der Waals surface area contributed by atoms with E-state index in [1.165, 1.54) is 5.39 Å². The van der Waals surface area contributed by atoms with Gasteiger partial charge in [-0.25, -0.2) is 4.98 Å². The standard InChI is InChI=1S/C32H21N3O2/c1-2-9-21-20(7-1)8-5-11-24(21)35(25-12-6-14-28-30(25)23-15-17-33-19-29(23)36-28)26-16-18-34-32-31(26)22-10-3-4-13-27(22)37-32/h1-18,33H,19H2. The highest BCUT2D eigenvalue weighted by atomic mass is 16.3. The summed E-state index contributed by atoms with van der Waals surface area (Å²) in [5.74, 6) is 0.941. The van der Waals surface area contributed by atoms with E-state index in [0.29, 0.717) is 12.3 Å². The third-order valence-corrected chi connectivity index (χ3v) is 7.18. The van der Waals surface area contributed by atoms with E-state index in [1.54, 1.807) is 0 Å². The van der Waals surface area contributed by atoms with Crippen molar-refractivity contribution < 1.29 is 8.83 Å². The Morgan fingerprint density at radius 1 is 0.676 bits per heavy atom. The summed E-state index contributed by atoms with van der Waals surface area (Å²) in [7, 11) is 0. The molecule has 3 aromatic heterocycles. The Morgan fingerprint density at radius 3 is 2.41 bits per heavy atom. The number of hydrogen-bond acceptors (Lipinski definition) is 5. The molecule has 0 saturated carbocycles. The van der Waals surface area contributed by atoms with E-state index in [4.69, 9.17) is 8.83 Å². The van der Waals surface area contributed by atoms with Crippen LogP contribution in [0, 0.1) is 0 Å². The highest BCUT2D eigenvalue weighted by Crippen LogP contribution is 2.47. The van der Waals surface area contributed by atoms with Crippen LogP contribution >= 0.6 is 0 Å². The summed E-state index contributed by atoms with van der Waals surface area (Å²) >= 11 is 0. The van der Waals surface area contributed by atoms with Crippen molar-refractivity contribution in [2.75, 3.05) is 4.90 Å². The fraction of sp³-hybridized carbons (Fsp3) is 0.0312. The van der Waals surface area contributed by atoms with Crippen molar-refractivity contribution >= 4 is 66.9 Å². The van der Waals surface area contributed by atoms with Gasteiger partial charge in [0.2, 0.25) is 5.71 Å². The van der Waals surface area contributed by atoms with Crippen LogP contribution in [0.3, 0.4) is 0 Å². The van der Waals surface area contributed by atoms with Gasteiger partial charge < -0.3 is 19.1 Å². The molecule has 5 heteroatoms. The number of aromatic nitrogens is 1. The monoisotopic (exact) mass is 479 g/mol. The molecule has 0 aliphatic carbocycles. The van der Waals surface area contributed by atoms with Gasteiger partial charge in [-0.3, -0.25) is 0 Å². The van der Waals surface area contributed by atoms with E-state index < -0.39 is 0 Å². The predicted octanol–water partition coefficient (Wildman–Crippen LogP) is 8.42. The lowest BCUT2D eigenvalue weighted by molar-refractivity contribution is 0.532. The van der Waals surface area contributed by atoms with Crippen LogP contribution in [-0.2, 0) is 6.54 Å². The van der Waals surface area contributed by atoms with Crippen LogP contribution in [-0.4, -0.2) is 4.98 Å². The Balaban J connectivity index is 1.53. The minimum atomic E-state index is 0.620. The molecule has 37 heavy (non-hydrogen) atoms. The van der Waals surface area contributed by atoms with Crippen LogP contribution in [0.5, 0.6) is 0 Å². The molecule has 0 saturated heterocycles. The molecule has 0 atom stereocenters. The fourth-order valence-corrected chi connectivity index (χ4v) is 5.60. The molecule has 0 radical (unpaired) electrons. The van der Waals surface area contributed by atoms with Gasteiger partial charge >= 0.3 is 0 Å². The topological polar surface area (TPSA) is 54.4 Å². The lowest BCUT2D eigenvalue weighted by atomic mass is 10.0. The SMILES string of the molecule is C1=Cc2c(oc3cccc(N(c4cccc5ccccc45)c4ccnc5oc6ccccc6c45)c23)CN1. The molecule has 0 unspecified atom stereocenters. The lowest BCUT2D eigenvalue weighted by Crippen LogP contribution is -2.12. The van der Waals surface area contributed by atoms with E-state index in [9.17, 15) is 0 Å². The van der Waals surface area contributed by atoms with Crippen LogP contribution in [0.2, 0.25) is 0 Å². The molecule has 4 aromatic carbocycles. The van der Waals surface area contributed by atoms with Crippen molar-refractivity contribution in [1.82, 2.24) is 10.3 Å². The average Bonchev–Trinajstić information content (AvgIpc) is 3.52. The lowest BCUT2D eigenvalue weighted by Gasteiger charge is -2.28. The molecule has 0 fully saturated rings. The first-order chi connectivity index (χ1) is 18.4. The number of nitrogens with zero attached hydrogens (tertiary/aromatic N) is 2. The molecule has 1 aliphatic rings. The molecular weight excluding hydrogens is 458 g/mol. The first kappa shape index (κ1) is 20.2. The number of para-hydroxylation sites is 1. The number of pyridine rings is 1. The zero-order chi connectivity index (χ0) is 24.3. The van der Waals surface area contributed by atoms with Gasteiger partial charge in [-0.05, 0) is 48.0 Å². The number of fused-ring (bicyclic) bond motifs is 7. The highest BCUT2D eigenvalue weighted by molar-refractivity contribution is 6.15. The molecule has 1 N–H and O–H groups in total. The van der Waals surface area contributed by atoms with Crippen LogP contribution in [0.1, 0.15) is 11.3 Å². The summed E-state index contributed by atoms with van der Waals surface area (Å²) in [5.41, 5.74) is 6.55. The summed E-state index contributed by atoms with van der Waals surface area (Å²) in [6, 6.07) is 31.4. The van der Waals surface area contributed by atoms with Crippen molar-refractivity contribution in [3.63, 3.8) is 0 Å². The molecule has 0 spiro atoms. The Morgan fingerprint density at radius 2 is 1.43 bits per heavy atom. The number of furan rings is 2. The van der Waals surface area contributed by atoms with Crippen molar-refractivity contribution in [1.29, 1.82) is 0 Å². The molecule has 5 nitrogen and oxygen atoms in total. The molecular formula is C32H21N3O2. The fourth-order valence-electron chi connectivity index (χ4n) is 5.60. The summed E-state index contributed by atoms with van der Waals surface area (Å²) in [6.45, 7) is 0.667. The van der Waals surface area contributed by atoms with E-state index in [-0.39, 0.29) is 0 Å². The number of nitrogens with one attached hydrogen (secondary N) is 1. The zero-order valence-corrected chi connectivity index (χ0v) is 19.8. The second kappa shape index (κ2) is 7.73. The molecule has 4 heterocycles. The second-order valence-electron chi connectivity index (χ2n) is 9.25. The predicted molar refractivity (Wildman–Crippen MR) is 149 cm³/mol. The maximum absolute atomic E-state index is 6.31. The van der Waals surface area contributed by atoms with Gasteiger partial charge in [0.1, 0.15) is 16.9 Å². The van der Waals surface area contributed by atoms with E-state index in [2.05, 4.69) is 88.0 Å². The smallest absolute Gasteiger partial charge is 0.229 e. The van der Waals surface area contributed by atoms with Gasteiger partial charge in [0, 0.05) is 22.5 Å². The summed E-state index contributed by atoms with van der Waals surface area (Å²) in [4.78, 5) is 6.94. The van der Waals surface area contributed by atoms with E-state index in [1.807, 2.05) is 36.7 Å². The first-order valence-corrected chi connectivity index (χ1v) is 12.4. The molecule has 8 rings (SSSR count). The Bertz CT molecular complexity index is 2010. The third-order valence-electron chi connectivity index (χ3n) is 7.18. The second-order valence-corrected chi connectivity index (χ2v) is 9.25. The van der Waals surface area contributed by atoms with Gasteiger partial charge in [-0.1, -0.05) is 60.7 Å². The van der Waals surface area contributed by atoms with Crippen molar-refractivity contribution in [2.24, 2.45) is 0 Å². The largest absolute Gasteiger partial charge is 0.458 e. The summed E-state index contributed by atoms with van der Waals surface area (Å²) in [6.07, 6.45) is 5.92. The third kappa shape index (κ3) is 2.94.